The van der Waals surface area contributed by atoms with Gasteiger partial charge in [-0.05, 0) is 12.1 Å². The second kappa shape index (κ2) is 3.96. The van der Waals surface area contributed by atoms with E-state index >= 15 is 0 Å². The molecule has 4 heteroatoms. The maximum absolute atomic E-state index is 11.7. The van der Waals surface area contributed by atoms with Crippen molar-refractivity contribution in [1.29, 1.82) is 0 Å². The predicted octanol–water partition coefficient (Wildman–Crippen LogP) is 1.25. The maximum atomic E-state index is 11.7. The summed E-state index contributed by atoms with van der Waals surface area (Å²) >= 11 is 0. The van der Waals surface area contributed by atoms with Crippen LogP contribution in [-0.2, 0) is 0 Å². The summed E-state index contributed by atoms with van der Waals surface area (Å²) in [5, 5.41) is 2.72. The van der Waals surface area contributed by atoms with Crippen LogP contribution in [0.1, 0.15) is 10.4 Å². The Hall–Kier alpha value is -2.10. The number of fused-ring (bicyclic) bond motifs is 1. The number of amides is 1. The van der Waals surface area contributed by atoms with Crippen LogP contribution in [0.4, 0.5) is 0 Å². The Morgan fingerprint density at radius 1 is 1.60 bits per heavy atom. The lowest BCUT2D eigenvalue weighted by Crippen LogP contribution is -2.23. The van der Waals surface area contributed by atoms with Crippen LogP contribution >= 0.6 is 0 Å². The Morgan fingerprint density at radius 3 is 3.27 bits per heavy atom. The second-order valence-electron chi connectivity index (χ2n) is 3.08. The van der Waals surface area contributed by atoms with Crippen molar-refractivity contribution in [3.63, 3.8) is 0 Å². The van der Waals surface area contributed by atoms with E-state index in [0.717, 1.165) is 0 Å². The Morgan fingerprint density at radius 2 is 2.47 bits per heavy atom. The van der Waals surface area contributed by atoms with E-state index in [0.29, 0.717) is 17.8 Å². The molecule has 0 fully saturated rings. The molecule has 15 heavy (non-hydrogen) atoms. The summed E-state index contributed by atoms with van der Waals surface area (Å²) < 4.78 is 1.81. The minimum absolute atomic E-state index is 0.133. The van der Waals surface area contributed by atoms with Crippen molar-refractivity contribution in [3.05, 3.63) is 48.9 Å². The van der Waals surface area contributed by atoms with Crippen molar-refractivity contribution in [3.8, 4) is 0 Å². The van der Waals surface area contributed by atoms with E-state index in [1.54, 1.807) is 24.5 Å². The van der Waals surface area contributed by atoms with Crippen molar-refractivity contribution in [1.82, 2.24) is 14.7 Å². The molecule has 0 aliphatic heterocycles. The molecule has 0 saturated carbocycles. The molecule has 0 unspecified atom stereocenters. The smallest absolute Gasteiger partial charge is 0.255 e. The number of nitrogens with one attached hydrogen (secondary N) is 1. The first kappa shape index (κ1) is 9.45. The minimum atomic E-state index is -0.133. The number of imidazole rings is 1. The molecule has 1 amide bonds. The molecule has 0 bridgehead atoms. The number of carbonyl (C=O) groups excluding carboxylic acids is 1. The monoisotopic (exact) mass is 201 g/mol. The van der Waals surface area contributed by atoms with Gasteiger partial charge in [-0.1, -0.05) is 6.08 Å². The molecule has 0 atom stereocenters. The number of carbonyl (C=O) groups is 1. The molecule has 4 nitrogen and oxygen atoms in total. The van der Waals surface area contributed by atoms with Crippen molar-refractivity contribution in [2.24, 2.45) is 0 Å². The van der Waals surface area contributed by atoms with Crippen LogP contribution in [0, 0.1) is 0 Å². The van der Waals surface area contributed by atoms with E-state index in [9.17, 15) is 4.79 Å². The average molecular weight is 201 g/mol. The molecule has 0 radical (unpaired) electrons. The number of pyridine rings is 1. The molecule has 0 aromatic carbocycles. The molecule has 76 valence electrons. The van der Waals surface area contributed by atoms with Gasteiger partial charge in [0, 0.05) is 25.1 Å². The summed E-state index contributed by atoms with van der Waals surface area (Å²) in [6, 6.07) is 3.57. The van der Waals surface area contributed by atoms with Gasteiger partial charge >= 0.3 is 0 Å². The number of aromatic nitrogens is 2. The normalized spacial score (nSPS) is 10.1. The van der Waals surface area contributed by atoms with E-state index in [4.69, 9.17) is 0 Å². The topological polar surface area (TPSA) is 46.4 Å². The first-order chi connectivity index (χ1) is 7.33. The van der Waals surface area contributed by atoms with Crippen molar-refractivity contribution in [2.75, 3.05) is 6.54 Å². The summed E-state index contributed by atoms with van der Waals surface area (Å²) in [4.78, 5) is 15.8. The molecule has 1 N–H and O–H groups in total. The Bertz CT molecular complexity index is 501. The van der Waals surface area contributed by atoms with Crippen LogP contribution in [0.15, 0.2) is 43.4 Å². The quantitative estimate of drug-likeness (QED) is 0.760. The first-order valence-corrected chi connectivity index (χ1v) is 4.63. The fourth-order valence-electron chi connectivity index (χ4n) is 1.39. The third-order valence-corrected chi connectivity index (χ3v) is 2.07. The van der Waals surface area contributed by atoms with Crippen LogP contribution in [0.25, 0.3) is 5.65 Å². The predicted molar refractivity (Wildman–Crippen MR) is 57.7 cm³/mol. The summed E-state index contributed by atoms with van der Waals surface area (Å²) in [5.74, 6) is -0.133. The third-order valence-electron chi connectivity index (χ3n) is 2.07. The van der Waals surface area contributed by atoms with E-state index in [2.05, 4.69) is 16.9 Å². The SMILES string of the molecule is C=CCNC(=O)c1cccn2ccnc12. The minimum Gasteiger partial charge on any atom is -0.348 e. The van der Waals surface area contributed by atoms with Crippen LogP contribution in [0.2, 0.25) is 0 Å². The summed E-state index contributed by atoms with van der Waals surface area (Å²) in [6.07, 6.45) is 6.97. The van der Waals surface area contributed by atoms with Gasteiger partial charge in [-0.3, -0.25) is 4.79 Å². The zero-order valence-electron chi connectivity index (χ0n) is 8.18. The second-order valence-corrected chi connectivity index (χ2v) is 3.08. The van der Waals surface area contributed by atoms with Gasteiger partial charge < -0.3 is 9.72 Å². The maximum Gasteiger partial charge on any atom is 0.255 e. The third kappa shape index (κ3) is 1.74. The van der Waals surface area contributed by atoms with Gasteiger partial charge in [0.25, 0.3) is 5.91 Å². The van der Waals surface area contributed by atoms with Gasteiger partial charge in [-0.15, -0.1) is 6.58 Å². The lowest BCUT2D eigenvalue weighted by atomic mass is 10.2. The van der Waals surface area contributed by atoms with Crippen molar-refractivity contribution < 1.29 is 4.79 Å². The zero-order chi connectivity index (χ0) is 10.7. The Kier molecular flexibility index (Phi) is 2.49. The lowest BCUT2D eigenvalue weighted by molar-refractivity contribution is 0.0959. The summed E-state index contributed by atoms with van der Waals surface area (Å²) in [5.41, 5.74) is 1.24. The number of hydrogen-bond acceptors (Lipinski definition) is 2. The fourth-order valence-corrected chi connectivity index (χ4v) is 1.39. The fraction of sp³-hybridized carbons (Fsp3) is 0.0909. The van der Waals surface area contributed by atoms with E-state index < -0.39 is 0 Å². The molecule has 2 rings (SSSR count). The van der Waals surface area contributed by atoms with Crippen LogP contribution in [-0.4, -0.2) is 21.8 Å². The standard InChI is InChI=1S/C11H11N3O/c1-2-5-13-11(15)9-4-3-7-14-8-6-12-10(9)14/h2-4,6-8H,1,5H2,(H,13,15). The van der Waals surface area contributed by atoms with E-state index in [1.165, 1.54) is 0 Å². The largest absolute Gasteiger partial charge is 0.348 e. The van der Waals surface area contributed by atoms with Crippen LogP contribution < -0.4 is 5.32 Å². The van der Waals surface area contributed by atoms with Crippen molar-refractivity contribution >= 4 is 11.6 Å². The average Bonchev–Trinajstić information content (AvgIpc) is 2.73. The van der Waals surface area contributed by atoms with Gasteiger partial charge in [0.05, 0.1) is 5.56 Å². The van der Waals surface area contributed by atoms with Gasteiger partial charge in [0.1, 0.15) is 5.65 Å². The van der Waals surface area contributed by atoms with E-state index in [1.807, 2.05) is 16.7 Å². The van der Waals surface area contributed by atoms with Crippen molar-refractivity contribution in [2.45, 2.75) is 0 Å². The highest BCUT2D eigenvalue weighted by molar-refractivity contribution is 5.99. The van der Waals surface area contributed by atoms with Gasteiger partial charge in [-0.2, -0.15) is 0 Å². The molecular weight excluding hydrogens is 190 g/mol. The first-order valence-electron chi connectivity index (χ1n) is 4.63. The summed E-state index contributed by atoms with van der Waals surface area (Å²) in [6.45, 7) is 4.00. The molecule has 2 aromatic rings. The van der Waals surface area contributed by atoms with Gasteiger partial charge in [0.15, 0.2) is 0 Å². The number of rotatable bonds is 3. The molecule has 2 aromatic heterocycles. The number of hydrogen-bond donors (Lipinski definition) is 1. The summed E-state index contributed by atoms with van der Waals surface area (Å²) in [7, 11) is 0. The van der Waals surface area contributed by atoms with Crippen LogP contribution in [0.3, 0.4) is 0 Å². The van der Waals surface area contributed by atoms with Gasteiger partial charge in [0.2, 0.25) is 0 Å². The molecular formula is C11H11N3O. The molecule has 0 saturated heterocycles. The highest BCUT2D eigenvalue weighted by atomic mass is 16.1. The highest BCUT2D eigenvalue weighted by Gasteiger charge is 2.09. The number of nitrogens with zero attached hydrogens (tertiary/aromatic N) is 2. The molecule has 0 aliphatic rings. The molecule has 2 heterocycles. The lowest BCUT2D eigenvalue weighted by Gasteiger charge is -2.03. The highest BCUT2D eigenvalue weighted by Crippen LogP contribution is 2.07. The van der Waals surface area contributed by atoms with Crippen LogP contribution in [0.5, 0.6) is 0 Å². The van der Waals surface area contributed by atoms with E-state index in [-0.39, 0.29) is 5.91 Å². The zero-order valence-corrected chi connectivity index (χ0v) is 8.18. The molecule has 0 spiro atoms. The van der Waals surface area contributed by atoms with Gasteiger partial charge in [-0.25, -0.2) is 4.98 Å². The molecule has 0 aliphatic carbocycles. The Labute approximate surface area is 87.3 Å². The Balaban J connectivity index is 2.38.